The van der Waals surface area contributed by atoms with Crippen molar-refractivity contribution >= 4 is 5.69 Å². The van der Waals surface area contributed by atoms with Gasteiger partial charge in [0.1, 0.15) is 0 Å². The summed E-state index contributed by atoms with van der Waals surface area (Å²) in [5, 5.41) is 0. The molecule has 12 heavy (non-hydrogen) atoms. The van der Waals surface area contributed by atoms with Gasteiger partial charge in [-0.1, -0.05) is 0 Å². The lowest BCUT2D eigenvalue weighted by Gasteiger charge is -2.03. The van der Waals surface area contributed by atoms with Crippen LogP contribution in [0.15, 0.2) is 11.0 Å². The number of nitrogen functional groups attached to an aromatic ring is 1. The Morgan fingerprint density at radius 1 is 1.50 bits per heavy atom. The van der Waals surface area contributed by atoms with E-state index < -0.39 is 29.1 Å². The number of pyridine rings is 1. The van der Waals surface area contributed by atoms with Crippen LogP contribution < -0.4 is 11.3 Å². The van der Waals surface area contributed by atoms with E-state index in [-0.39, 0.29) is 0 Å². The molecule has 1 rings (SSSR count). The molecule has 0 aromatic carbocycles. The molecule has 0 aliphatic rings. The molecule has 1 heterocycles. The maximum absolute atomic E-state index is 12.6. The molecule has 3 N–H and O–H groups in total. The molecule has 0 aliphatic carbocycles. The van der Waals surface area contributed by atoms with E-state index in [1.54, 1.807) is 0 Å². The molecular weight excluding hydrogens is 173 g/mol. The van der Waals surface area contributed by atoms with E-state index in [0.29, 0.717) is 0 Å². The Hall–Kier alpha value is -1.46. The van der Waals surface area contributed by atoms with E-state index in [1.165, 1.54) is 0 Å². The third-order valence-corrected chi connectivity index (χ3v) is 1.32. The zero-order chi connectivity index (χ0) is 9.30. The van der Waals surface area contributed by atoms with Crippen LogP contribution in [-0.2, 0) is 0 Å². The molecule has 1 aromatic heterocycles. The average molecular weight is 178 g/mol. The Morgan fingerprint density at radius 2 is 2.08 bits per heavy atom. The molecule has 0 saturated carbocycles. The number of nitrogens with two attached hydrogens (primary N) is 1. The van der Waals surface area contributed by atoms with Crippen molar-refractivity contribution in [1.29, 1.82) is 0 Å². The van der Waals surface area contributed by atoms with Crippen molar-refractivity contribution < 1.29 is 13.2 Å². The van der Waals surface area contributed by atoms with Crippen LogP contribution in [0.2, 0.25) is 0 Å². The zero-order valence-corrected chi connectivity index (χ0v) is 5.77. The fraction of sp³-hybridized carbons (Fsp3) is 0.167. The molecule has 0 saturated heterocycles. The second-order valence-corrected chi connectivity index (χ2v) is 2.10. The van der Waals surface area contributed by atoms with Crippen molar-refractivity contribution in [3.05, 3.63) is 27.9 Å². The van der Waals surface area contributed by atoms with Crippen LogP contribution in [0.4, 0.5) is 18.9 Å². The summed E-state index contributed by atoms with van der Waals surface area (Å²) in [6.07, 6.45) is -2.24. The minimum atomic E-state index is -3.08. The largest absolute Gasteiger partial charge is 0.397 e. The number of aromatic amines is 1. The Labute approximate surface area is 65.0 Å². The summed E-state index contributed by atoms with van der Waals surface area (Å²) in [4.78, 5) is 12.4. The molecule has 0 spiro atoms. The van der Waals surface area contributed by atoms with Gasteiger partial charge >= 0.3 is 0 Å². The van der Waals surface area contributed by atoms with Crippen LogP contribution in [0.5, 0.6) is 0 Å². The molecule has 0 fully saturated rings. The van der Waals surface area contributed by atoms with Crippen molar-refractivity contribution in [2.75, 3.05) is 5.73 Å². The smallest absolute Gasteiger partial charge is 0.284 e. The molecule has 0 atom stereocenters. The third-order valence-electron chi connectivity index (χ3n) is 1.32. The summed E-state index contributed by atoms with van der Waals surface area (Å²) in [6, 6.07) is 0. The molecule has 0 aliphatic heterocycles. The van der Waals surface area contributed by atoms with Crippen LogP contribution in [0.3, 0.4) is 0 Å². The van der Waals surface area contributed by atoms with Crippen LogP contribution in [0.1, 0.15) is 12.0 Å². The van der Waals surface area contributed by atoms with Crippen LogP contribution in [0.25, 0.3) is 0 Å². The third kappa shape index (κ3) is 1.27. The highest BCUT2D eigenvalue weighted by atomic mass is 19.3. The first-order chi connectivity index (χ1) is 5.54. The van der Waals surface area contributed by atoms with Crippen molar-refractivity contribution in [2.24, 2.45) is 0 Å². The van der Waals surface area contributed by atoms with Gasteiger partial charge < -0.3 is 10.7 Å². The average Bonchev–Trinajstić information content (AvgIpc) is 1.97. The predicted molar refractivity (Wildman–Crippen MR) is 36.4 cm³/mol. The van der Waals surface area contributed by atoms with Gasteiger partial charge in [-0.2, -0.15) is 0 Å². The van der Waals surface area contributed by atoms with Crippen LogP contribution >= 0.6 is 0 Å². The number of hydrogen-bond donors (Lipinski definition) is 2. The van der Waals surface area contributed by atoms with E-state index >= 15 is 0 Å². The Balaban J connectivity index is 3.43. The van der Waals surface area contributed by atoms with Gasteiger partial charge in [0.15, 0.2) is 5.82 Å². The molecule has 0 radical (unpaired) electrons. The Bertz CT molecular complexity index is 347. The molecule has 0 bridgehead atoms. The van der Waals surface area contributed by atoms with Crippen LogP contribution in [0, 0.1) is 5.82 Å². The number of halogens is 3. The van der Waals surface area contributed by atoms with E-state index in [1.807, 2.05) is 4.98 Å². The normalized spacial score (nSPS) is 10.7. The molecule has 3 nitrogen and oxygen atoms in total. The number of aromatic nitrogens is 1. The summed E-state index contributed by atoms with van der Waals surface area (Å²) in [5.74, 6) is -1.52. The Kier molecular flexibility index (Phi) is 2.07. The molecule has 6 heteroatoms. The highest BCUT2D eigenvalue weighted by Gasteiger charge is 2.19. The zero-order valence-electron chi connectivity index (χ0n) is 5.77. The van der Waals surface area contributed by atoms with Crippen molar-refractivity contribution in [2.45, 2.75) is 6.43 Å². The summed E-state index contributed by atoms with van der Waals surface area (Å²) < 4.78 is 36.6. The minimum absolute atomic E-state index is 0.456. The van der Waals surface area contributed by atoms with Gasteiger partial charge in [0.25, 0.3) is 12.0 Å². The van der Waals surface area contributed by atoms with Gasteiger partial charge in [-0.15, -0.1) is 0 Å². The predicted octanol–water partition coefficient (Wildman–Crippen LogP) is 1.03. The number of nitrogens with one attached hydrogen (secondary N) is 1. The van der Waals surface area contributed by atoms with Gasteiger partial charge in [-0.05, 0) is 0 Å². The van der Waals surface area contributed by atoms with Gasteiger partial charge in [0.05, 0.1) is 11.3 Å². The fourth-order valence-electron chi connectivity index (χ4n) is 0.755. The van der Waals surface area contributed by atoms with E-state index in [2.05, 4.69) is 0 Å². The fourth-order valence-corrected chi connectivity index (χ4v) is 0.755. The monoisotopic (exact) mass is 178 g/mol. The van der Waals surface area contributed by atoms with E-state index in [9.17, 15) is 18.0 Å². The lowest BCUT2D eigenvalue weighted by atomic mass is 10.2. The second kappa shape index (κ2) is 2.88. The molecule has 0 unspecified atom stereocenters. The first-order valence-electron chi connectivity index (χ1n) is 2.98. The molecule has 66 valence electrons. The van der Waals surface area contributed by atoms with E-state index in [4.69, 9.17) is 5.73 Å². The Morgan fingerprint density at radius 3 is 2.50 bits per heavy atom. The number of H-pyrrole nitrogens is 1. The maximum Gasteiger partial charge on any atom is 0.284 e. The van der Waals surface area contributed by atoms with Crippen molar-refractivity contribution in [3.63, 3.8) is 0 Å². The number of rotatable bonds is 1. The summed E-state index contributed by atoms with van der Waals surface area (Å²) in [6.45, 7) is 0. The van der Waals surface area contributed by atoms with Gasteiger partial charge in [-0.3, -0.25) is 4.79 Å². The SMILES string of the molecule is Nc1c[nH]c(=O)c(F)c1C(F)F. The van der Waals surface area contributed by atoms with Crippen molar-refractivity contribution in [1.82, 2.24) is 4.98 Å². The van der Waals surface area contributed by atoms with Crippen molar-refractivity contribution in [3.8, 4) is 0 Å². The summed E-state index contributed by atoms with van der Waals surface area (Å²) in [5.41, 5.74) is 2.31. The molecule has 1 aromatic rings. The number of alkyl halides is 2. The standard InChI is InChI=1S/C6H5F3N2O/c7-4-3(5(8)9)2(10)1-11-6(4)12/h1,5H,10H2,(H,11,12). The molecular formula is C6H5F3N2O. The van der Waals surface area contributed by atoms with Gasteiger partial charge in [0.2, 0.25) is 0 Å². The molecule has 0 amide bonds. The quantitative estimate of drug-likeness (QED) is 0.674. The first-order valence-corrected chi connectivity index (χ1v) is 2.98. The topological polar surface area (TPSA) is 58.9 Å². The highest BCUT2D eigenvalue weighted by molar-refractivity contribution is 5.45. The highest BCUT2D eigenvalue weighted by Crippen LogP contribution is 2.24. The summed E-state index contributed by atoms with van der Waals surface area (Å²) >= 11 is 0. The maximum atomic E-state index is 12.6. The second-order valence-electron chi connectivity index (χ2n) is 2.10. The lowest BCUT2D eigenvalue weighted by molar-refractivity contribution is 0.147. The van der Waals surface area contributed by atoms with E-state index in [0.717, 1.165) is 6.20 Å². The number of hydrogen-bond acceptors (Lipinski definition) is 2. The minimum Gasteiger partial charge on any atom is -0.397 e. The van der Waals surface area contributed by atoms with Gasteiger partial charge in [0, 0.05) is 6.20 Å². The number of anilines is 1. The van der Waals surface area contributed by atoms with Crippen LogP contribution in [-0.4, -0.2) is 4.98 Å². The summed E-state index contributed by atoms with van der Waals surface area (Å²) in [7, 11) is 0. The first kappa shape index (κ1) is 8.63. The lowest BCUT2D eigenvalue weighted by Crippen LogP contribution is -2.15. The van der Waals surface area contributed by atoms with Gasteiger partial charge in [-0.25, -0.2) is 13.2 Å².